The minimum atomic E-state index is -0.182. The first-order valence-corrected chi connectivity index (χ1v) is 8.25. The summed E-state index contributed by atoms with van der Waals surface area (Å²) >= 11 is 0. The van der Waals surface area contributed by atoms with Gasteiger partial charge in [-0.3, -0.25) is 0 Å². The van der Waals surface area contributed by atoms with Gasteiger partial charge in [0.05, 0.1) is 0 Å². The van der Waals surface area contributed by atoms with Crippen LogP contribution in [0.5, 0.6) is 0 Å². The Morgan fingerprint density at radius 1 is 1.41 bits per heavy atom. The highest BCUT2D eigenvalue weighted by molar-refractivity contribution is 5.84. The fourth-order valence-corrected chi connectivity index (χ4v) is 3.56. The van der Waals surface area contributed by atoms with E-state index in [1.165, 1.54) is 24.9 Å². The zero-order chi connectivity index (χ0) is 15.7. The van der Waals surface area contributed by atoms with Crippen LogP contribution in [0, 0.1) is 12.7 Å². The van der Waals surface area contributed by atoms with Crippen LogP contribution < -0.4 is 5.32 Å². The van der Waals surface area contributed by atoms with Gasteiger partial charge in [0, 0.05) is 28.7 Å². The second-order valence-electron chi connectivity index (χ2n) is 6.67. The number of likely N-dealkylation sites (tertiary alicyclic amines) is 1. The van der Waals surface area contributed by atoms with Crippen LogP contribution in [0.1, 0.15) is 31.0 Å². The van der Waals surface area contributed by atoms with Crippen molar-refractivity contribution in [1.82, 2.24) is 15.2 Å². The van der Waals surface area contributed by atoms with Gasteiger partial charge in [-0.25, -0.2) is 4.39 Å². The number of nitrogens with zero attached hydrogens (tertiary/aromatic N) is 1. The Morgan fingerprint density at radius 3 is 3.00 bits per heavy atom. The third kappa shape index (κ3) is 3.18. The molecule has 0 spiro atoms. The van der Waals surface area contributed by atoms with Gasteiger partial charge in [0.1, 0.15) is 5.82 Å². The Labute approximate surface area is 131 Å². The molecule has 2 heterocycles. The van der Waals surface area contributed by atoms with E-state index in [-0.39, 0.29) is 5.82 Å². The molecule has 0 radical (unpaired) electrons. The fraction of sp³-hybridized carbons (Fsp3) is 0.556. The molecule has 1 aliphatic rings. The SMILES string of the molecule is Cc1[nH]c2cc(F)ccc2c1CCNC1CCN(C)C(C)C1. The number of hydrogen-bond acceptors (Lipinski definition) is 2. The second kappa shape index (κ2) is 6.39. The average molecular weight is 303 g/mol. The molecule has 3 rings (SSSR count). The maximum Gasteiger partial charge on any atom is 0.125 e. The molecule has 2 aromatic rings. The smallest absolute Gasteiger partial charge is 0.125 e. The van der Waals surface area contributed by atoms with Gasteiger partial charge in [-0.15, -0.1) is 0 Å². The van der Waals surface area contributed by atoms with E-state index in [1.807, 2.05) is 6.07 Å². The molecule has 120 valence electrons. The summed E-state index contributed by atoms with van der Waals surface area (Å²) in [7, 11) is 2.20. The van der Waals surface area contributed by atoms with Gasteiger partial charge in [0.2, 0.25) is 0 Å². The van der Waals surface area contributed by atoms with E-state index in [9.17, 15) is 4.39 Å². The molecule has 1 fully saturated rings. The zero-order valence-electron chi connectivity index (χ0n) is 13.7. The van der Waals surface area contributed by atoms with Gasteiger partial charge in [-0.1, -0.05) is 0 Å². The number of halogens is 1. The number of piperidine rings is 1. The van der Waals surface area contributed by atoms with E-state index in [1.54, 1.807) is 12.1 Å². The van der Waals surface area contributed by atoms with Gasteiger partial charge in [-0.05, 0) is 77.0 Å². The van der Waals surface area contributed by atoms with E-state index in [2.05, 4.69) is 36.1 Å². The highest BCUT2D eigenvalue weighted by Gasteiger charge is 2.22. The van der Waals surface area contributed by atoms with E-state index in [4.69, 9.17) is 0 Å². The van der Waals surface area contributed by atoms with Crippen LogP contribution in [0.4, 0.5) is 4.39 Å². The molecule has 0 bridgehead atoms. The summed E-state index contributed by atoms with van der Waals surface area (Å²) in [5.74, 6) is -0.182. The molecule has 0 amide bonds. The van der Waals surface area contributed by atoms with Crippen LogP contribution in [-0.2, 0) is 6.42 Å². The number of H-pyrrole nitrogens is 1. The van der Waals surface area contributed by atoms with Gasteiger partial charge < -0.3 is 15.2 Å². The first-order valence-electron chi connectivity index (χ1n) is 8.25. The molecule has 1 aliphatic heterocycles. The third-order valence-electron chi connectivity index (χ3n) is 5.10. The molecule has 0 aliphatic carbocycles. The number of hydrogen-bond donors (Lipinski definition) is 2. The number of aromatic amines is 1. The molecule has 1 aromatic carbocycles. The maximum absolute atomic E-state index is 13.3. The van der Waals surface area contributed by atoms with Crippen molar-refractivity contribution in [2.75, 3.05) is 20.1 Å². The Kier molecular flexibility index (Phi) is 4.50. The Hall–Kier alpha value is -1.39. The monoisotopic (exact) mass is 303 g/mol. The lowest BCUT2D eigenvalue weighted by Crippen LogP contribution is -2.46. The highest BCUT2D eigenvalue weighted by Crippen LogP contribution is 2.23. The second-order valence-corrected chi connectivity index (χ2v) is 6.67. The van der Waals surface area contributed by atoms with Crippen molar-refractivity contribution in [3.8, 4) is 0 Å². The lowest BCUT2D eigenvalue weighted by Gasteiger charge is -2.35. The Balaban J connectivity index is 1.61. The highest BCUT2D eigenvalue weighted by atomic mass is 19.1. The summed E-state index contributed by atoms with van der Waals surface area (Å²) in [5, 5.41) is 4.85. The van der Waals surface area contributed by atoms with Crippen molar-refractivity contribution in [1.29, 1.82) is 0 Å². The molecule has 1 saturated heterocycles. The molecule has 2 atom stereocenters. The first kappa shape index (κ1) is 15.5. The fourth-order valence-electron chi connectivity index (χ4n) is 3.56. The molecular weight excluding hydrogens is 277 g/mol. The van der Waals surface area contributed by atoms with Crippen LogP contribution in [0.2, 0.25) is 0 Å². The van der Waals surface area contributed by atoms with Crippen molar-refractivity contribution >= 4 is 10.9 Å². The topological polar surface area (TPSA) is 31.1 Å². The zero-order valence-corrected chi connectivity index (χ0v) is 13.7. The van der Waals surface area contributed by atoms with Gasteiger partial charge in [0.15, 0.2) is 0 Å². The van der Waals surface area contributed by atoms with Crippen molar-refractivity contribution in [2.24, 2.45) is 0 Å². The van der Waals surface area contributed by atoms with Crippen LogP contribution in [0.3, 0.4) is 0 Å². The maximum atomic E-state index is 13.3. The van der Waals surface area contributed by atoms with Gasteiger partial charge >= 0.3 is 0 Å². The van der Waals surface area contributed by atoms with Crippen molar-refractivity contribution < 1.29 is 4.39 Å². The quantitative estimate of drug-likeness (QED) is 0.908. The summed E-state index contributed by atoms with van der Waals surface area (Å²) in [6, 6.07) is 6.29. The van der Waals surface area contributed by atoms with E-state index >= 15 is 0 Å². The lowest BCUT2D eigenvalue weighted by atomic mass is 9.98. The van der Waals surface area contributed by atoms with E-state index in [0.29, 0.717) is 12.1 Å². The molecule has 3 nitrogen and oxygen atoms in total. The summed E-state index contributed by atoms with van der Waals surface area (Å²) in [4.78, 5) is 5.72. The van der Waals surface area contributed by atoms with Crippen LogP contribution in [0.25, 0.3) is 10.9 Å². The largest absolute Gasteiger partial charge is 0.358 e. The van der Waals surface area contributed by atoms with Crippen molar-refractivity contribution in [3.05, 3.63) is 35.3 Å². The molecule has 0 saturated carbocycles. The van der Waals surface area contributed by atoms with E-state index in [0.717, 1.165) is 29.6 Å². The molecule has 2 N–H and O–H groups in total. The van der Waals surface area contributed by atoms with Crippen LogP contribution in [-0.4, -0.2) is 42.1 Å². The third-order valence-corrected chi connectivity index (χ3v) is 5.10. The normalized spacial score (nSPS) is 23.3. The minimum Gasteiger partial charge on any atom is -0.358 e. The standard InChI is InChI=1S/C18H26FN3/c1-12-10-15(7-9-22(12)3)20-8-6-16-13(2)21-18-11-14(19)4-5-17(16)18/h4-5,11-12,15,20-21H,6-10H2,1-3H3. The average Bonchev–Trinajstić information content (AvgIpc) is 2.78. The predicted octanol–water partition coefficient (Wildman–Crippen LogP) is 3.23. The van der Waals surface area contributed by atoms with Crippen LogP contribution >= 0.6 is 0 Å². The number of benzene rings is 1. The number of fused-ring (bicyclic) bond motifs is 1. The van der Waals surface area contributed by atoms with Gasteiger partial charge in [0.25, 0.3) is 0 Å². The predicted molar refractivity (Wildman–Crippen MR) is 89.8 cm³/mol. The van der Waals surface area contributed by atoms with Crippen molar-refractivity contribution in [2.45, 2.75) is 45.2 Å². The van der Waals surface area contributed by atoms with Crippen molar-refractivity contribution in [3.63, 3.8) is 0 Å². The summed E-state index contributed by atoms with van der Waals surface area (Å²) in [5.41, 5.74) is 3.36. The van der Waals surface area contributed by atoms with Gasteiger partial charge in [-0.2, -0.15) is 0 Å². The molecule has 2 unspecified atom stereocenters. The lowest BCUT2D eigenvalue weighted by molar-refractivity contribution is 0.169. The molecule has 22 heavy (non-hydrogen) atoms. The Morgan fingerprint density at radius 2 is 2.23 bits per heavy atom. The molecular formula is C18H26FN3. The summed E-state index contributed by atoms with van der Waals surface area (Å²) in [6.07, 6.45) is 3.42. The number of rotatable bonds is 4. The molecule has 1 aromatic heterocycles. The number of aryl methyl sites for hydroxylation is 1. The van der Waals surface area contributed by atoms with Crippen LogP contribution in [0.15, 0.2) is 18.2 Å². The number of nitrogens with one attached hydrogen (secondary N) is 2. The minimum absolute atomic E-state index is 0.182. The van der Waals surface area contributed by atoms with E-state index < -0.39 is 0 Å². The summed E-state index contributed by atoms with van der Waals surface area (Å²) < 4.78 is 13.3. The Bertz CT molecular complexity index is 649. The molecule has 4 heteroatoms. The number of aromatic nitrogens is 1. The summed E-state index contributed by atoms with van der Waals surface area (Å²) in [6.45, 7) is 6.52. The first-order chi connectivity index (χ1) is 10.5.